The maximum atomic E-state index is 13.2. The molecule has 3 aliphatic rings. The number of imide groups is 1. The van der Waals surface area contributed by atoms with Crippen LogP contribution in [0.2, 0.25) is 0 Å². The Bertz CT molecular complexity index is 747. The zero-order valence-corrected chi connectivity index (χ0v) is 15.0. The molecule has 2 fully saturated rings. The second-order valence-corrected chi connectivity index (χ2v) is 7.57. The molecular formula is C19H25N3O5. The first-order valence-electron chi connectivity index (χ1n) is 9.50. The lowest BCUT2D eigenvalue weighted by atomic mass is 9.96. The van der Waals surface area contributed by atoms with Crippen LogP contribution in [0.4, 0.5) is 5.69 Å². The molecule has 146 valence electrons. The molecule has 1 aromatic rings. The number of anilines is 1. The summed E-state index contributed by atoms with van der Waals surface area (Å²) < 4.78 is 0. The first-order valence-corrected chi connectivity index (χ1v) is 9.50. The van der Waals surface area contributed by atoms with Crippen LogP contribution in [0.1, 0.15) is 46.4 Å². The van der Waals surface area contributed by atoms with Gasteiger partial charge in [-0.1, -0.05) is 6.07 Å². The Labute approximate surface area is 157 Å². The standard InChI is InChI=1S/C19H25N3O5/c23-10-11-6-8-21(9-7-11)13-3-1-2-12-16(13)19(27)22(18(12)26)14-4-5-15(24)20-17(14)25/h1-3,11,14-15,17,20,23-25H,4-10H2. The van der Waals surface area contributed by atoms with Gasteiger partial charge in [0.25, 0.3) is 11.8 Å². The van der Waals surface area contributed by atoms with Gasteiger partial charge in [0.15, 0.2) is 0 Å². The van der Waals surface area contributed by atoms with Crippen molar-refractivity contribution >= 4 is 17.5 Å². The fraction of sp³-hybridized carbons (Fsp3) is 0.579. The van der Waals surface area contributed by atoms with Crippen molar-refractivity contribution in [2.45, 2.75) is 44.2 Å². The quantitative estimate of drug-likeness (QED) is 0.545. The molecule has 3 aliphatic heterocycles. The Hall–Kier alpha value is -2.00. The minimum absolute atomic E-state index is 0.171. The third kappa shape index (κ3) is 3.12. The molecule has 3 unspecified atom stereocenters. The second-order valence-electron chi connectivity index (χ2n) is 7.57. The predicted molar refractivity (Wildman–Crippen MR) is 97.1 cm³/mol. The number of piperidine rings is 2. The zero-order valence-electron chi connectivity index (χ0n) is 15.0. The summed E-state index contributed by atoms with van der Waals surface area (Å²) in [7, 11) is 0. The number of amides is 2. The van der Waals surface area contributed by atoms with E-state index in [0.29, 0.717) is 24.0 Å². The Morgan fingerprint density at radius 2 is 1.78 bits per heavy atom. The van der Waals surface area contributed by atoms with Crippen LogP contribution in [0.5, 0.6) is 0 Å². The van der Waals surface area contributed by atoms with Gasteiger partial charge in [0.05, 0.1) is 22.9 Å². The molecule has 0 aromatic heterocycles. The van der Waals surface area contributed by atoms with Crippen LogP contribution in [0.25, 0.3) is 0 Å². The van der Waals surface area contributed by atoms with Gasteiger partial charge < -0.3 is 20.2 Å². The lowest BCUT2D eigenvalue weighted by Crippen LogP contribution is -2.58. The molecular weight excluding hydrogens is 350 g/mol. The van der Waals surface area contributed by atoms with Gasteiger partial charge in [-0.3, -0.25) is 19.8 Å². The number of aliphatic hydroxyl groups is 3. The van der Waals surface area contributed by atoms with Crippen LogP contribution >= 0.6 is 0 Å². The second kappa shape index (κ2) is 7.20. The SMILES string of the molecule is O=C1c2cccc(N3CCC(CO)CC3)c2C(=O)N1C1CCC(O)NC1O. The van der Waals surface area contributed by atoms with E-state index >= 15 is 0 Å². The maximum absolute atomic E-state index is 13.2. The highest BCUT2D eigenvalue weighted by Gasteiger charge is 2.45. The van der Waals surface area contributed by atoms with E-state index in [2.05, 4.69) is 10.2 Å². The molecule has 0 saturated carbocycles. The number of carbonyl (C=O) groups excluding carboxylic acids is 2. The summed E-state index contributed by atoms with van der Waals surface area (Å²) in [6.45, 7) is 1.62. The normalized spacial score (nSPS) is 29.4. The van der Waals surface area contributed by atoms with Crippen molar-refractivity contribution in [1.29, 1.82) is 0 Å². The largest absolute Gasteiger partial charge is 0.396 e. The maximum Gasteiger partial charge on any atom is 0.264 e. The van der Waals surface area contributed by atoms with Gasteiger partial charge in [0, 0.05) is 19.7 Å². The number of fused-ring (bicyclic) bond motifs is 1. The molecule has 8 heteroatoms. The molecule has 3 heterocycles. The van der Waals surface area contributed by atoms with Crippen molar-refractivity contribution in [3.8, 4) is 0 Å². The number of aliphatic hydroxyl groups excluding tert-OH is 3. The summed E-state index contributed by atoms with van der Waals surface area (Å²) in [5, 5.41) is 31.8. The summed E-state index contributed by atoms with van der Waals surface area (Å²) in [5.41, 5.74) is 1.49. The van der Waals surface area contributed by atoms with Gasteiger partial charge in [-0.2, -0.15) is 0 Å². The number of carbonyl (C=O) groups is 2. The minimum Gasteiger partial charge on any atom is -0.396 e. The van der Waals surface area contributed by atoms with E-state index in [-0.39, 0.29) is 12.5 Å². The van der Waals surface area contributed by atoms with E-state index in [9.17, 15) is 24.9 Å². The summed E-state index contributed by atoms with van der Waals surface area (Å²) >= 11 is 0. The Morgan fingerprint density at radius 3 is 2.44 bits per heavy atom. The number of rotatable bonds is 3. The first-order chi connectivity index (χ1) is 13.0. The number of benzene rings is 1. The molecule has 2 amide bonds. The zero-order chi connectivity index (χ0) is 19.1. The van der Waals surface area contributed by atoms with Crippen LogP contribution in [0, 0.1) is 5.92 Å². The van der Waals surface area contributed by atoms with Crippen molar-refractivity contribution in [3.63, 3.8) is 0 Å². The van der Waals surface area contributed by atoms with Crippen molar-refractivity contribution in [2.24, 2.45) is 5.92 Å². The predicted octanol–water partition coefficient (Wildman–Crippen LogP) is -0.120. The fourth-order valence-corrected chi connectivity index (χ4v) is 4.36. The van der Waals surface area contributed by atoms with Crippen molar-refractivity contribution < 1.29 is 24.9 Å². The summed E-state index contributed by atoms with van der Waals surface area (Å²) in [6, 6.07) is 4.58. The van der Waals surface area contributed by atoms with Crippen molar-refractivity contribution in [3.05, 3.63) is 29.3 Å². The highest BCUT2D eigenvalue weighted by atomic mass is 16.3. The van der Waals surface area contributed by atoms with Crippen LogP contribution < -0.4 is 10.2 Å². The van der Waals surface area contributed by atoms with E-state index in [1.54, 1.807) is 12.1 Å². The van der Waals surface area contributed by atoms with Gasteiger partial charge in [0.2, 0.25) is 0 Å². The third-order valence-corrected chi connectivity index (χ3v) is 5.93. The lowest BCUT2D eigenvalue weighted by molar-refractivity contribution is -0.0413. The molecule has 8 nitrogen and oxygen atoms in total. The number of nitrogens with one attached hydrogen (secondary N) is 1. The molecule has 2 saturated heterocycles. The smallest absolute Gasteiger partial charge is 0.264 e. The molecule has 4 rings (SSSR count). The molecule has 0 radical (unpaired) electrons. The van der Waals surface area contributed by atoms with Crippen molar-refractivity contribution in [1.82, 2.24) is 10.2 Å². The molecule has 27 heavy (non-hydrogen) atoms. The van der Waals surface area contributed by atoms with Crippen LogP contribution in [0.3, 0.4) is 0 Å². The van der Waals surface area contributed by atoms with Gasteiger partial charge >= 0.3 is 0 Å². The van der Waals surface area contributed by atoms with Crippen LogP contribution in [-0.4, -0.2) is 70.2 Å². The Balaban J connectivity index is 1.62. The topological polar surface area (TPSA) is 113 Å². The van der Waals surface area contributed by atoms with Crippen LogP contribution in [0.15, 0.2) is 18.2 Å². The lowest BCUT2D eigenvalue weighted by Gasteiger charge is -2.36. The van der Waals surface area contributed by atoms with E-state index in [0.717, 1.165) is 36.5 Å². The monoisotopic (exact) mass is 375 g/mol. The molecule has 0 spiro atoms. The van der Waals surface area contributed by atoms with Gasteiger partial charge in [-0.25, -0.2) is 0 Å². The Kier molecular flexibility index (Phi) is 4.90. The van der Waals surface area contributed by atoms with E-state index in [4.69, 9.17) is 0 Å². The molecule has 0 aliphatic carbocycles. The van der Waals surface area contributed by atoms with Gasteiger partial charge in [-0.05, 0) is 43.7 Å². The molecule has 1 aromatic carbocycles. The number of nitrogens with zero attached hydrogens (tertiary/aromatic N) is 2. The first kappa shape index (κ1) is 18.4. The average molecular weight is 375 g/mol. The van der Waals surface area contributed by atoms with Crippen LogP contribution in [-0.2, 0) is 0 Å². The fourth-order valence-electron chi connectivity index (χ4n) is 4.36. The van der Waals surface area contributed by atoms with Gasteiger partial charge in [0.1, 0.15) is 12.5 Å². The number of hydrogen-bond donors (Lipinski definition) is 4. The average Bonchev–Trinajstić information content (AvgIpc) is 2.93. The van der Waals surface area contributed by atoms with E-state index in [1.165, 1.54) is 0 Å². The Morgan fingerprint density at radius 1 is 1.04 bits per heavy atom. The van der Waals surface area contributed by atoms with E-state index in [1.807, 2.05) is 6.07 Å². The third-order valence-electron chi connectivity index (χ3n) is 5.93. The number of hydrogen-bond acceptors (Lipinski definition) is 7. The summed E-state index contributed by atoms with van der Waals surface area (Å²) in [6.07, 6.45) is 0.397. The van der Waals surface area contributed by atoms with Crippen molar-refractivity contribution in [2.75, 3.05) is 24.6 Å². The highest BCUT2D eigenvalue weighted by Crippen LogP contribution is 2.36. The van der Waals surface area contributed by atoms with E-state index < -0.39 is 30.3 Å². The van der Waals surface area contributed by atoms with Gasteiger partial charge in [-0.15, -0.1) is 0 Å². The summed E-state index contributed by atoms with van der Waals surface area (Å²) in [5.74, 6) is -0.511. The summed E-state index contributed by atoms with van der Waals surface area (Å²) in [4.78, 5) is 29.3. The minimum atomic E-state index is -1.15. The molecule has 3 atom stereocenters. The molecule has 0 bridgehead atoms. The highest BCUT2D eigenvalue weighted by molar-refractivity contribution is 6.24. The molecule has 4 N–H and O–H groups in total.